The molecular weight excluding hydrogens is 316 g/mol. The minimum atomic E-state index is -0.378. The smallest absolute Gasteiger partial charge is 0.308 e. The van der Waals surface area contributed by atoms with Gasteiger partial charge in [-0.3, -0.25) is 9.59 Å². The second-order valence-corrected chi connectivity index (χ2v) is 6.30. The Balaban J connectivity index is 1.85. The number of hydrogen-bond acceptors (Lipinski definition) is 3. The predicted molar refractivity (Wildman–Crippen MR) is 99.5 cm³/mol. The van der Waals surface area contributed by atoms with Crippen molar-refractivity contribution in [3.8, 4) is 0 Å². The van der Waals surface area contributed by atoms with Gasteiger partial charge in [0.05, 0.1) is 5.92 Å². The molecule has 1 heterocycles. The minimum Gasteiger partial charge on any atom is -0.455 e. The summed E-state index contributed by atoms with van der Waals surface area (Å²) < 4.78 is 7.21. The number of carbonyl (C=O) groups is 2. The van der Waals surface area contributed by atoms with Crippen LogP contribution in [0.15, 0.2) is 42.5 Å². The maximum Gasteiger partial charge on any atom is 0.308 e. The van der Waals surface area contributed by atoms with Crippen molar-refractivity contribution in [3.63, 3.8) is 0 Å². The number of nitrogens with zero attached hydrogens (tertiary/aromatic N) is 1. The minimum absolute atomic E-state index is 0.246. The Bertz CT molecular complexity index is 941. The SMILES string of the molecule is CCn1c2ccccc2c2cc(NC(=O)COC(=O)C(C)C)ccc21. The Hall–Kier alpha value is -2.82. The maximum absolute atomic E-state index is 12.0. The zero-order chi connectivity index (χ0) is 18.0. The third-order valence-corrected chi connectivity index (χ3v) is 4.19. The van der Waals surface area contributed by atoms with Gasteiger partial charge in [0.25, 0.3) is 5.91 Å². The molecule has 3 rings (SSSR count). The lowest BCUT2D eigenvalue weighted by Crippen LogP contribution is -2.22. The predicted octanol–water partition coefficient (Wildman–Crippen LogP) is 3.95. The van der Waals surface area contributed by atoms with Crippen LogP contribution in [-0.2, 0) is 20.9 Å². The second-order valence-electron chi connectivity index (χ2n) is 6.30. The largest absolute Gasteiger partial charge is 0.455 e. The first-order valence-electron chi connectivity index (χ1n) is 8.48. The topological polar surface area (TPSA) is 60.3 Å². The van der Waals surface area contributed by atoms with Crippen LogP contribution in [0, 0.1) is 5.92 Å². The summed E-state index contributed by atoms with van der Waals surface area (Å²) in [6, 6.07) is 14.1. The Kier molecular flexibility index (Phi) is 4.74. The molecule has 5 nitrogen and oxygen atoms in total. The van der Waals surface area contributed by atoms with Gasteiger partial charge >= 0.3 is 5.97 Å². The van der Waals surface area contributed by atoms with E-state index in [0.29, 0.717) is 5.69 Å². The van der Waals surface area contributed by atoms with E-state index in [1.54, 1.807) is 13.8 Å². The van der Waals surface area contributed by atoms with Crippen LogP contribution >= 0.6 is 0 Å². The normalized spacial score (nSPS) is 11.2. The van der Waals surface area contributed by atoms with Gasteiger partial charge in [-0.2, -0.15) is 0 Å². The summed E-state index contributed by atoms with van der Waals surface area (Å²) in [7, 11) is 0. The summed E-state index contributed by atoms with van der Waals surface area (Å²) in [5.74, 6) is -0.964. The van der Waals surface area contributed by atoms with Crippen molar-refractivity contribution in [2.75, 3.05) is 11.9 Å². The van der Waals surface area contributed by atoms with Crippen molar-refractivity contribution < 1.29 is 14.3 Å². The van der Waals surface area contributed by atoms with E-state index in [4.69, 9.17) is 4.74 Å². The molecule has 5 heteroatoms. The van der Waals surface area contributed by atoms with Gasteiger partial charge in [0.1, 0.15) is 0 Å². The molecule has 0 radical (unpaired) electrons. The molecule has 0 saturated heterocycles. The van der Waals surface area contributed by atoms with Crippen molar-refractivity contribution in [2.24, 2.45) is 5.92 Å². The molecule has 25 heavy (non-hydrogen) atoms. The summed E-state index contributed by atoms with van der Waals surface area (Å²) in [6.45, 7) is 6.19. The molecular formula is C20H22N2O3. The number of carbonyl (C=O) groups excluding carboxylic acids is 2. The Morgan fingerprint density at radius 3 is 2.52 bits per heavy atom. The number of ether oxygens (including phenoxy) is 1. The van der Waals surface area contributed by atoms with E-state index >= 15 is 0 Å². The number of hydrogen-bond donors (Lipinski definition) is 1. The fraction of sp³-hybridized carbons (Fsp3) is 0.300. The number of benzene rings is 2. The lowest BCUT2D eigenvalue weighted by atomic mass is 10.1. The van der Waals surface area contributed by atoms with Gasteiger partial charge in [0.15, 0.2) is 6.61 Å². The van der Waals surface area contributed by atoms with Crippen LogP contribution in [0.1, 0.15) is 20.8 Å². The number of aryl methyl sites for hydroxylation is 1. The van der Waals surface area contributed by atoms with Gasteiger partial charge in [-0.15, -0.1) is 0 Å². The molecule has 130 valence electrons. The van der Waals surface area contributed by atoms with Crippen molar-refractivity contribution in [3.05, 3.63) is 42.5 Å². The zero-order valence-corrected chi connectivity index (χ0v) is 14.7. The van der Waals surface area contributed by atoms with E-state index in [2.05, 4.69) is 28.9 Å². The molecule has 0 bridgehead atoms. The summed E-state index contributed by atoms with van der Waals surface area (Å²) in [5.41, 5.74) is 3.00. The quantitative estimate of drug-likeness (QED) is 0.717. The van der Waals surface area contributed by atoms with Crippen LogP contribution in [0.4, 0.5) is 5.69 Å². The molecule has 0 aliphatic heterocycles. The van der Waals surface area contributed by atoms with Crippen molar-refractivity contribution >= 4 is 39.4 Å². The molecule has 2 aromatic carbocycles. The Morgan fingerprint density at radius 1 is 1.08 bits per heavy atom. The molecule has 0 atom stereocenters. The number of nitrogens with one attached hydrogen (secondary N) is 1. The van der Waals surface area contributed by atoms with Crippen LogP contribution in [0.3, 0.4) is 0 Å². The number of esters is 1. The number of anilines is 1. The van der Waals surface area contributed by atoms with Crippen LogP contribution in [0.5, 0.6) is 0 Å². The molecule has 0 fully saturated rings. The van der Waals surface area contributed by atoms with Gasteiger partial charge in [-0.1, -0.05) is 32.0 Å². The fourth-order valence-corrected chi connectivity index (χ4v) is 2.97. The molecule has 0 aliphatic rings. The summed E-state index contributed by atoms with van der Waals surface area (Å²) >= 11 is 0. The second kappa shape index (κ2) is 6.97. The molecule has 1 amide bonds. The lowest BCUT2D eigenvalue weighted by molar-refractivity contribution is -0.150. The van der Waals surface area contributed by atoms with E-state index in [1.165, 1.54) is 5.52 Å². The standard InChI is InChI=1S/C20H22N2O3/c1-4-22-17-8-6-5-7-15(17)16-11-14(9-10-18(16)22)21-19(23)12-25-20(24)13(2)3/h5-11,13H,4,12H2,1-3H3,(H,21,23). The molecule has 0 spiro atoms. The average Bonchev–Trinajstić information content (AvgIpc) is 2.92. The lowest BCUT2D eigenvalue weighted by Gasteiger charge is -2.08. The van der Waals surface area contributed by atoms with Gasteiger partial charge in [0.2, 0.25) is 0 Å². The number of para-hydroxylation sites is 1. The van der Waals surface area contributed by atoms with E-state index < -0.39 is 0 Å². The molecule has 0 aliphatic carbocycles. The molecule has 1 aromatic heterocycles. The number of fused-ring (bicyclic) bond motifs is 3. The molecule has 0 unspecified atom stereocenters. The third-order valence-electron chi connectivity index (χ3n) is 4.19. The third kappa shape index (κ3) is 3.36. The molecule has 0 saturated carbocycles. The first-order chi connectivity index (χ1) is 12.0. The highest BCUT2D eigenvalue weighted by Gasteiger charge is 2.13. The Labute approximate surface area is 146 Å². The van der Waals surface area contributed by atoms with E-state index in [0.717, 1.165) is 22.8 Å². The van der Waals surface area contributed by atoms with E-state index in [-0.39, 0.29) is 24.4 Å². The molecule has 3 aromatic rings. The van der Waals surface area contributed by atoms with E-state index in [9.17, 15) is 9.59 Å². The summed E-state index contributed by atoms with van der Waals surface area (Å²) in [4.78, 5) is 23.5. The number of aromatic nitrogens is 1. The van der Waals surface area contributed by atoms with Crippen LogP contribution in [-0.4, -0.2) is 23.1 Å². The highest BCUT2D eigenvalue weighted by atomic mass is 16.5. The highest BCUT2D eigenvalue weighted by molar-refractivity contribution is 6.09. The summed E-state index contributed by atoms with van der Waals surface area (Å²) in [6.07, 6.45) is 0. The zero-order valence-electron chi connectivity index (χ0n) is 14.7. The first kappa shape index (κ1) is 17.0. The van der Waals surface area contributed by atoms with Crippen LogP contribution in [0.2, 0.25) is 0 Å². The van der Waals surface area contributed by atoms with Crippen LogP contribution < -0.4 is 5.32 Å². The van der Waals surface area contributed by atoms with Gasteiger partial charge < -0.3 is 14.6 Å². The summed E-state index contributed by atoms with van der Waals surface area (Å²) in [5, 5.41) is 5.04. The van der Waals surface area contributed by atoms with Gasteiger partial charge in [-0.25, -0.2) is 0 Å². The van der Waals surface area contributed by atoms with Gasteiger partial charge in [-0.05, 0) is 31.2 Å². The number of amides is 1. The fourth-order valence-electron chi connectivity index (χ4n) is 2.97. The van der Waals surface area contributed by atoms with Crippen LogP contribution in [0.25, 0.3) is 21.8 Å². The van der Waals surface area contributed by atoms with Crippen molar-refractivity contribution in [2.45, 2.75) is 27.3 Å². The van der Waals surface area contributed by atoms with Crippen molar-refractivity contribution in [1.29, 1.82) is 0 Å². The highest BCUT2D eigenvalue weighted by Crippen LogP contribution is 2.30. The average molecular weight is 338 g/mol. The van der Waals surface area contributed by atoms with E-state index in [1.807, 2.05) is 30.3 Å². The molecule has 1 N–H and O–H groups in total. The van der Waals surface area contributed by atoms with Crippen molar-refractivity contribution in [1.82, 2.24) is 4.57 Å². The Morgan fingerprint density at radius 2 is 1.80 bits per heavy atom. The van der Waals surface area contributed by atoms with Gasteiger partial charge in [0, 0.05) is 34.0 Å². The number of rotatable bonds is 5. The first-order valence-corrected chi connectivity index (χ1v) is 8.48. The maximum atomic E-state index is 12.0. The monoisotopic (exact) mass is 338 g/mol.